The van der Waals surface area contributed by atoms with Crippen LogP contribution >= 0.6 is 23.2 Å². The molecule has 3 rings (SSSR count). The van der Waals surface area contributed by atoms with Gasteiger partial charge in [0.25, 0.3) is 0 Å². The number of anilines is 1. The number of amides is 1. The van der Waals surface area contributed by atoms with Crippen LogP contribution in [0.2, 0.25) is 10.0 Å². The second-order valence-electron chi connectivity index (χ2n) is 7.08. The van der Waals surface area contributed by atoms with E-state index >= 15 is 0 Å². The number of sulfonamides is 1. The minimum atomic E-state index is -4.02. The summed E-state index contributed by atoms with van der Waals surface area (Å²) in [6.45, 7) is 1.74. The first-order valence-electron chi connectivity index (χ1n) is 9.67. The second kappa shape index (κ2) is 10.4. The van der Waals surface area contributed by atoms with Crippen molar-refractivity contribution in [1.29, 1.82) is 0 Å². The van der Waals surface area contributed by atoms with Crippen molar-refractivity contribution in [2.75, 3.05) is 12.4 Å². The summed E-state index contributed by atoms with van der Waals surface area (Å²) >= 11 is 12.3. The maximum Gasteiger partial charge on any atom is 0.242 e. The van der Waals surface area contributed by atoms with E-state index < -0.39 is 22.0 Å². The molecule has 0 fully saturated rings. The van der Waals surface area contributed by atoms with Gasteiger partial charge in [0.2, 0.25) is 15.9 Å². The lowest BCUT2D eigenvalue weighted by molar-refractivity contribution is -0.117. The molecule has 32 heavy (non-hydrogen) atoms. The Labute approximate surface area is 197 Å². The highest BCUT2D eigenvalue weighted by Gasteiger charge is 2.27. The van der Waals surface area contributed by atoms with Gasteiger partial charge in [0, 0.05) is 0 Å². The van der Waals surface area contributed by atoms with E-state index in [4.69, 9.17) is 27.9 Å². The minimum Gasteiger partial charge on any atom is -0.496 e. The zero-order valence-corrected chi connectivity index (χ0v) is 19.8. The van der Waals surface area contributed by atoms with Gasteiger partial charge in [0.1, 0.15) is 11.8 Å². The van der Waals surface area contributed by atoms with Gasteiger partial charge in [-0.1, -0.05) is 59.6 Å². The number of carbonyl (C=O) groups is 1. The first-order valence-corrected chi connectivity index (χ1v) is 11.9. The molecular weight excluding hydrogens is 471 g/mol. The summed E-state index contributed by atoms with van der Waals surface area (Å²) < 4.78 is 33.9. The molecule has 6 nitrogen and oxygen atoms in total. The van der Waals surface area contributed by atoms with Crippen LogP contribution in [0.25, 0.3) is 0 Å². The Bertz CT molecular complexity index is 1200. The van der Waals surface area contributed by atoms with Crippen molar-refractivity contribution in [3.63, 3.8) is 0 Å². The predicted octanol–water partition coefficient (Wildman–Crippen LogP) is 4.84. The zero-order valence-electron chi connectivity index (χ0n) is 17.4. The molecule has 168 valence electrons. The number of methoxy groups -OCH3 is 1. The van der Waals surface area contributed by atoms with Crippen LogP contribution in [0.3, 0.4) is 0 Å². The summed E-state index contributed by atoms with van der Waals surface area (Å²) in [4.78, 5) is 13.1. The predicted molar refractivity (Wildman–Crippen MR) is 127 cm³/mol. The Kier molecular flexibility index (Phi) is 7.79. The van der Waals surface area contributed by atoms with Crippen molar-refractivity contribution in [3.8, 4) is 5.75 Å². The third kappa shape index (κ3) is 5.81. The number of aryl methyl sites for hydroxylation is 1. The van der Waals surface area contributed by atoms with Gasteiger partial charge in [-0.15, -0.1) is 0 Å². The minimum absolute atomic E-state index is 0.0254. The normalized spacial score (nSPS) is 12.2. The molecule has 0 aliphatic heterocycles. The highest BCUT2D eigenvalue weighted by Crippen LogP contribution is 2.30. The van der Waals surface area contributed by atoms with E-state index in [2.05, 4.69) is 10.0 Å². The third-order valence-corrected chi connectivity index (χ3v) is 6.88. The van der Waals surface area contributed by atoms with Crippen molar-refractivity contribution < 1.29 is 17.9 Å². The van der Waals surface area contributed by atoms with Crippen LogP contribution in [0, 0.1) is 6.92 Å². The van der Waals surface area contributed by atoms with Gasteiger partial charge in [-0.05, 0) is 54.8 Å². The highest BCUT2D eigenvalue weighted by molar-refractivity contribution is 7.89. The SMILES string of the molecule is COc1ccc(S(=O)(=O)NC(Cc2ccccc2)C(=O)Nc2c(Cl)cccc2Cl)cc1C. The Balaban J connectivity index is 1.92. The number of halogens is 2. The fourth-order valence-electron chi connectivity index (χ4n) is 3.14. The Morgan fingerprint density at radius 3 is 2.25 bits per heavy atom. The second-order valence-corrected chi connectivity index (χ2v) is 9.61. The molecule has 1 amide bonds. The lowest BCUT2D eigenvalue weighted by Crippen LogP contribution is -2.45. The van der Waals surface area contributed by atoms with Crippen LogP contribution < -0.4 is 14.8 Å². The number of carbonyl (C=O) groups excluding carboxylic acids is 1. The monoisotopic (exact) mass is 492 g/mol. The summed E-state index contributed by atoms with van der Waals surface area (Å²) in [6.07, 6.45) is 0.128. The molecule has 1 atom stereocenters. The molecule has 0 radical (unpaired) electrons. The quantitative estimate of drug-likeness (QED) is 0.471. The van der Waals surface area contributed by atoms with Gasteiger partial charge in [0.15, 0.2) is 0 Å². The summed E-state index contributed by atoms with van der Waals surface area (Å²) in [5, 5.41) is 3.15. The smallest absolute Gasteiger partial charge is 0.242 e. The van der Waals surface area contributed by atoms with Crippen LogP contribution in [0.15, 0.2) is 71.6 Å². The van der Waals surface area contributed by atoms with Gasteiger partial charge in [-0.3, -0.25) is 4.79 Å². The number of hydrogen-bond donors (Lipinski definition) is 2. The van der Waals surface area contributed by atoms with Crippen molar-refractivity contribution in [1.82, 2.24) is 4.72 Å². The maximum absolute atomic E-state index is 13.1. The Morgan fingerprint density at radius 1 is 1.00 bits per heavy atom. The van der Waals surface area contributed by atoms with Crippen LogP contribution in [-0.4, -0.2) is 27.5 Å². The first kappa shape index (κ1) is 24.1. The molecule has 3 aromatic rings. The van der Waals surface area contributed by atoms with E-state index in [1.165, 1.54) is 19.2 Å². The van der Waals surface area contributed by atoms with Gasteiger partial charge < -0.3 is 10.1 Å². The Hall–Kier alpha value is -2.58. The van der Waals surface area contributed by atoms with E-state index in [1.54, 1.807) is 31.2 Å². The van der Waals surface area contributed by atoms with Crippen molar-refractivity contribution in [3.05, 3.63) is 87.9 Å². The molecule has 0 spiro atoms. The summed E-state index contributed by atoms with van der Waals surface area (Å²) in [5.41, 5.74) is 1.66. The summed E-state index contributed by atoms with van der Waals surface area (Å²) in [6, 6.07) is 17.3. The Morgan fingerprint density at radius 2 is 1.66 bits per heavy atom. The first-order chi connectivity index (χ1) is 15.2. The topological polar surface area (TPSA) is 84.5 Å². The standard InChI is InChI=1S/C23H22Cl2N2O4S/c1-15-13-17(11-12-21(15)31-2)32(29,30)27-20(14-16-7-4-3-5-8-16)23(28)26-22-18(24)9-6-10-19(22)25/h3-13,20,27H,14H2,1-2H3,(H,26,28). The van der Waals surface area contributed by atoms with Crippen molar-refractivity contribution in [2.45, 2.75) is 24.3 Å². The molecule has 0 heterocycles. The van der Waals surface area contributed by atoms with Gasteiger partial charge in [-0.2, -0.15) is 4.72 Å². The molecule has 0 aliphatic rings. The average molecular weight is 493 g/mol. The molecular formula is C23H22Cl2N2O4S. The van der Waals surface area contributed by atoms with Crippen LogP contribution in [0.4, 0.5) is 5.69 Å². The lowest BCUT2D eigenvalue weighted by atomic mass is 10.1. The largest absolute Gasteiger partial charge is 0.496 e. The molecule has 2 N–H and O–H groups in total. The van der Waals surface area contributed by atoms with Gasteiger partial charge in [-0.25, -0.2) is 8.42 Å². The van der Waals surface area contributed by atoms with E-state index in [0.717, 1.165) is 5.56 Å². The molecule has 9 heteroatoms. The lowest BCUT2D eigenvalue weighted by Gasteiger charge is -2.20. The molecule has 3 aromatic carbocycles. The molecule has 0 aliphatic carbocycles. The number of nitrogens with one attached hydrogen (secondary N) is 2. The number of rotatable bonds is 8. The number of ether oxygens (including phenoxy) is 1. The van der Waals surface area contributed by atoms with Crippen LogP contribution in [0.5, 0.6) is 5.75 Å². The van der Waals surface area contributed by atoms with Crippen LogP contribution in [-0.2, 0) is 21.2 Å². The van der Waals surface area contributed by atoms with Crippen molar-refractivity contribution >= 4 is 44.8 Å². The van der Waals surface area contributed by atoms with Gasteiger partial charge >= 0.3 is 0 Å². The molecule has 0 saturated carbocycles. The van der Waals surface area contributed by atoms with E-state index in [9.17, 15) is 13.2 Å². The molecule has 0 saturated heterocycles. The fraction of sp³-hybridized carbons (Fsp3) is 0.174. The molecule has 0 bridgehead atoms. The third-order valence-electron chi connectivity index (χ3n) is 4.78. The van der Waals surface area contributed by atoms with E-state index in [1.807, 2.05) is 30.3 Å². The number of para-hydroxylation sites is 1. The zero-order chi connectivity index (χ0) is 23.3. The van der Waals surface area contributed by atoms with E-state index in [0.29, 0.717) is 11.3 Å². The van der Waals surface area contributed by atoms with Gasteiger partial charge in [0.05, 0.1) is 27.7 Å². The fourth-order valence-corrected chi connectivity index (χ4v) is 4.91. The number of hydrogen-bond acceptors (Lipinski definition) is 4. The maximum atomic E-state index is 13.1. The molecule has 0 aromatic heterocycles. The van der Waals surface area contributed by atoms with Crippen LogP contribution in [0.1, 0.15) is 11.1 Å². The molecule has 1 unspecified atom stereocenters. The highest BCUT2D eigenvalue weighted by atomic mass is 35.5. The summed E-state index contributed by atoms with van der Waals surface area (Å²) in [7, 11) is -2.51. The number of benzene rings is 3. The average Bonchev–Trinajstić information content (AvgIpc) is 2.76. The summed E-state index contributed by atoms with van der Waals surface area (Å²) in [5.74, 6) is -0.0199. The van der Waals surface area contributed by atoms with Crippen molar-refractivity contribution in [2.24, 2.45) is 0 Å². The van der Waals surface area contributed by atoms with E-state index in [-0.39, 0.29) is 27.0 Å².